The maximum atomic E-state index is 11.7. The van der Waals surface area contributed by atoms with Crippen molar-refractivity contribution in [3.8, 4) is 0 Å². The van der Waals surface area contributed by atoms with E-state index in [1.54, 1.807) is 0 Å². The van der Waals surface area contributed by atoms with Crippen LogP contribution in [0.4, 0.5) is 0 Å². The monoisotopic (exact) mass is 269 g/mol. The van der Waals surface area contributed by atoms with E-state index in [0.717, 1.165) is 24.0 Å². The number of rotatable bonds is 5. The number of hydrogen-bond acceptors (Lipinski definition) is 3. The van der Waals surface area contributed by atoms with Gasteiger partial charge in [-0.2, -0.15) is 0 Å². The molecule has 5 nitrogen and oxygen atoms in total. The lowest BCUT2D eigenvalue weighted by atomic mass is 10.1. The van der Waals surface area contributed by atoms with Crippen molar-refractivity contribution in [1.29, 1.82) is 0 Å². The Morgan fingerprint density at radius 2 is 2.11 bits per heavy atom. The second-order valence-electron chi connectivity index (χ2n) is 4.37. The molecule has 0 fully saturated rings. The molecule has 0 bridgehead atoms. The van der Waals surface area contributed by atoms with Crippen LogP contribution < -0.4 is 4.72 Å². The van der Waals surface area contributed by atoms with Gasteiger partial charge in [-0.25, -0.2) is 13.1 Å². The number of aryl methyl sites for hydroxylation is 1. The zero-order valence-corrected chi connectivity index (χ0v) is 10.6. The predicted molar refractivity (Wildman–Crippen MR) is 66.7 cm³/mol. The topological polar surface area (TPSA) is 83.5 Å². The molecule has 0 saturated heterocycles. The number of fused-ring (bicyclic) bond motifs is 1. The summed E-state index contributed by atoms with van der Waals surface area (Å²) in [6.45, 7) is 0. The highest BCUT2D eigenvalue weighted by Gasteiger charge is 2.26. The number of hydrogen-bond donors (Lipinski definition) is 2. The lowest BCUT2D eigenvalue weighted by Crippen LogP contribution is -2.30. The Bertz CT molecular complexity index is 553. The first-order valence-electron chi connectivity index (χ1n) is 5.77. The number of carboxylic acid groups (broad SMARTS) is 1. The van der Waals surface area contributed by atoms with E-state index in [2.05, 4.69) is 4.72 Å². The van der Waals surface area contributed by atoms with Crippen molar-refractivity contribution >= 4 is 16.0 Å². The summed E-state index contributed by atoms with van der Waals surface area (Å²) < 4.78 is 26.0. The van der Waals surface area contributed by atoms with Crippen LogP contribution in [0.5, 0.6) is 0 Å². The fourth-order valence-electron chi connectivity index (χ4n) is 2.18. The third kappa shape index (κ3) is 3.08. The van der Waals surface area contributed by atoms with Gasteiger partial charge in [0.25, 0.3) is 0 Å². The average Bonchev–Trinajstić information content (AvgIpc) is 2.70. The van der Waals surface area contributed by atoms with Gasteiger partial charge < -0.3 is 5.11 Å². The normalized spacial score (nSPS) is 18.6. The van der Waals surface area contributed by atoms with Crippen molar-refractivity contribution in [2.24, 2.45) is 0 Å². The summed E-state index contributed by atoms with van der Waals surface area (Å²) in [5.41, 5.74) is 2.15. The minimum absolute atomic E-state index is 0.222. The average molecular weight is 269 g/mol. The summed E-state index contributed by atoms with van der Waals surface area (Å²) in [5, 5.41) is 8.50. The van der Waals surface area contributed by atoms with Crippen LogP contribution >= 0.6 is 0 Å². The standard InChI is InChI=1S/C12H15NO4S/c14-12(15)7-8-18(16,17)13-11-6-5-9-3-1-2-4-10(9)11/h1-4,11,13H,5-8H2,(H,14,15). The van der Waals surface area contributed by atoms with E-state index < -0.39 is 16.0 Å². The maximum Gasteiger partial charge on any atom is 0.304 e. The molecule has 1 atom stereocenters. The number of carboxylic acids is 1. The molecular weight excluding hydrogens is 254 g/mol. The van der Waals surface area contributed by atoms with E-state index in [-0.39, 0.29) is 18.2 Å². The van der Waals surface area contributed by atoms with Gasteiger partial charge in [0, 0.05) is 6.04 Å². The molecule has 2 rings (SSSR count). The lowest BCUT2D eigenvalue weighted by molar-refractivity contribution is -0.136. The molecule has 1 aliphatic carbocycles. The summed E-state index contributed by atoms with van der Waals surface area (Å²) in [6.07, 6.45) is 1.21. The highest BCUT2D eigenvalue weighted by atomic mass is 32.2. The fourth-order valence-corrected chi connectivity index (χ4v) is 3.42. The van der Waals surface area contributed by atoms with Gasteiger partial charge >= 0.3 is 5.97 Å². The maximum absolute atomic E-state index is 11.7. The van der Waals surface area contributed by atoms with E-state index >= 15 is 0 Å². The quantitative estimate of drug-likeness (QED) is 0.837. The van der Waals surface area contributed by atoms with E-state index in [1.807, 2.05) is 24.3 Å². The van der Waals surface area contributed by atoms with Crippen LogP contribution in [-0.2, 0) is 21.2 Å². The molecule has 18 heavy (non-hydrogen) atoms. The Balaban J connectivity index is 2.05. The van der Waals surface area contributed by atoms with Gasteiger partial charge in [0.05, 0.1) is 12.2 Å². The molecule has 1 unspecified atom stereocenters. The van der Waals surface area contributed by atoms with Crippen molar-refractivity contribution < 1.29 is 18.3 Å². The second-order valence-corrected chi connectivity index (χ2v) is 6.24. The molecule has 0 aromatic heterocycles. The number of sulfonamides is 1. The molecule has 1 aliphatic rings. The molecule has 2 N–H and O–H groups in total. The Kier molecular flexibility index (Phi) is 3.68. The largest absolute Gasteiger partial charge is 0.481 e. The minimum Gasteiger partial charge on any atom is -0.481 e. The number of carbonyl (C=O) groups is 1. The van der Waals surface area contributed by atoms with Crippen LogP contribution in [0.1, 0.15) is 30.0 Å². The molecule has 6 heteroatoms. The summed E-state index contributed by atoms with van der Waals surface area (Å²) in [7, 11) is -3.53. The summed E-state index contributed by atoms with van der Waals surface area (Å²) in [4.78, 5) is 10.4. The Labute approximate surface area is 106 Å². The molecule has 0 spiro atoms. The zero-order chi connectivity index (χ0) is 13.2. The molecule has 98 valence electrons. The van der Waals surface area contributed by atoms with E-state index in [1.165, 1.54) is 0 Å². The fraction of sp³-hybridized carbons (Fsp3) is 0.417. The van der Waals surface area contributed by atoms with Crippen LogP contribution in [0.2, 0.25) is 0 Å². The molecule has 0 amide bonds. The SMILES string of the molecule is O=C(O)CCS(=O)(=O)NC1CCc2ccccc21. The molecule has 0 radical (unpaired) electrons. The second kappa shape index (κ2) is 5.07. The van der Waals surface area contributed by atoms with Crippen molar-refractivity contribution in [2.75, 3.05) is 5.75 Å². The zero-order valence-electron chi connectivity index (χ0n) is 9.80. The van der Waals surface area contributed by atoms with E-state index in [9.17, 15) is 13.2 Å². The Morgan fingerprint density at radius 1 is 1.39 bits per heavy atom. The number of aliphatic carboxylic acids is 1. The molecule has 0 heterocycles. The smallest absolute Gasteiger partial charge is 0.304 e. The van der Waals surface area contributed by atoms with Crippen molar-refractivity contribution in [1.82, 2.24) is 4.72 Å². The van der Waals surface area contributed by atoms with Crippen LogP contribution in [-0.4, -0.2) is 25.2 Å². The minimum atomic E-state index is -3.53. The highest BCUT2D eigenvalue weighted by molar-refractivity contribution is 7.89. The van der Waals surface area contributed by atoms with Gasteiger partial charge in [0.1, 0.15) is 0 Å². The molecular formula is C12H15NO4S. The van der Waals surface area contributed by atoms with Gasteiger partial charge in [-0.1, -0.05) is 24.3 Å². The first kappa shape index (κ1) is 13.0. The van der Waals surface area contributed by atoms with E-state index in [4.69, 9.17) is 5.11 Å². The third-order valence-electron chi connectivity index (χ3n) is 3.04. The van der Waals surface area contributed by atoms with Gasteiger partial charge in [-0.3, -0.25) is 4.79 Å². The van der Waals surface area contributed by atoms with Crippen molar-refractivity contribution in [3.63, 3.8) is 0 Å². The van der Waals surface area contributed by atoms with Crippen molar-refractivity contribution in [3.05, 3.63) is 35.4 Å². The first-order chi connectivity index (χ1) is 8.48. The summed E-state index contributed by atoms with van der Waals surface area (Å²) in [5.74, 6) is -1.48. The predicted octanol–water partition coefficient (Wildman–Crippen LogP) is 1.07. The molecule has 0 aliphatic heterocycles. The third-order valence-corrected chi connectivity index (χ3v) is 4.42. The van der Waals surface area contributed by atoms with Crippen molar-refractivity contribution in [2.45, 2.75) is 25.3 Å². The van der Waals surface area contributed by atoms with Crippen LogP contribution in [0, 0.1) is 0 Å². The van der Waals surface area contributed by atoms with Crippen LogP contribution in [0.3, 0.4) is 0 Å². The van der Waals surface area contributed by atoms with Crippen LogP contribution in [0.25, 0.3) is 0 Å². The van der Waals surface area contributed by atoms with Gasteiger partial charge in [0.15, 0.2) is 0 Å². The molecule has 1 aromatic carbocycles. The summed E-state index contributed by atoms with van der Waals surface area (Å²) >= 11 is 0. The molecule has 0 saturated carbocycles. The van der Waals surface area contributed by atoms with Crippen LogP contribution in [0.15, 0.2) is 24.3 Å². The molecule has 1 aromatic rings. The Morgan fingerprint density at radius 3 is 2.83 bits per heavy atom. The van der Waals surface area contributed by atoms with Gasteiger partial charge in [0.2, 0.25) is 10.0 Å². The van der Waals surface area contributed by atoms with Gasteiger partial charge in [-0.05, 0) is 24.0 Å². The van der Waals surface area contributed by atoms with E-state index in [0.29, 0.717) is 0 Å². The first-order valence-corrected chi connectivity index (χ1v) is 7.43. The Hall–Kier alpha value is -1.40. The van der Waals surface area contributed by atoms with Gasteiger partial charge in [-0.15, -0.1) is 0 Å². The number of nitrogens with one attached hydrogen (secondary N) is 1. The lowest BCUT2D eigenvalue weighted by Gasteiger charge is -2.13. The summed E-state index contributed by atoms with van der Waals surface area (Å²) in [6, 6.07) is 7.48. The highest BCUT2D eigenvalue weighted by Crippen LogP contribution is 2.31. The number of benzene rings is 1.